The van der Waals surface area contributed by atoms with Crippen molar-refractivity contribution < 1.29 is 14.3 Å². The van der Waals surface area contributed by atoms with Crippen LogP contribution < -0.4 is 20.7 Å². The van der Waals surface area contributed by atoms with Crippen molar-refractivity contribution in [3.8, 4) is 5.75 Å². The van der Waals surface area contributed by atoms with Crippen molar-refractivity contribution in [1.29, 1.82) is 0 Å². The lowest BCUT2D eigenvalue weighted by atomic mass is 9.88. The third-order valence-corrected chi connectivity index (χ3v) is 6.23. The van der Waals surface area contributed by atoms with Gasteiger partial charge < -0.3 is 15.4 Å². The molecule has 0 atom stereocenters. The van der Waals surface area contributed by atoms with Gasteiger partial charge in [-0.15, -0.1) is 0 Å². The van der Waals surface area contributed by atoms with Crippen LogP contribution in [-0.4, -0.2) is 23.5 Å². The number of halogens is 1. The van der Waals surface area contributed by atoms with Crippen LogP contribution in [0.2, 0.25) is 0 Å². The molecule has 176 valence electrons. The molecule has 3 N–H and O–H groups in total. The first-order valence-electron chi connectivity index (χ1n) is 11.4. The number of hydrogen-bond acceptors (Lipinski definition) is 4. The van der Waals surface area contributed by atoms with Crippen molar-refractivity contribution in [1.82, 2.24) is 5.32 Å². The van der Waals surface area contributed by atoms with E-state index in [9.17, 15) is 9.59 Å². The molecule has 1 fully saturated rings. The van der Waals surface area contributed by atoms with Gasteiger partial charge in [-0.1, -0.05) is 54.6 Å². The first kappa shape index (κ1) is 25.2. The molecule has 6 nitrogen and oxygen atoms in total. The van der Waals surface area contributed by atoms with E-state index in [1.54, 1.807) is 18.2 Å². The Morgan fingerprint density at radius 1 is 1.06 bits per heavy atom. The smallest absolute Gasteiger partial charge is 0.261 e. The van der Waals surface area contributed by atoms with E-state index in [2.05, 4.69) is 38.8 Å². The fraction of sp³-hybridized carbons (Fsp3) is 0.400. The molecule has 2 aromatic rings. The summed E-state index contributed by atoms with van der Waals surface area (Å²) in [7, 11) is 0. The molecule has 3 rings (SSSR count). The number of carbonyl (C=O) groups is 2. The van der Waals surface area contributed by atoms with Crippen molar-refractivity contribution in [3.05, 3.63) is 52.5 Å². The van der Waals surface area contributed by atoms with Gasteiger partial charge >= 0.3 is 0 Å². The average molecular weight is 533 g/mol. The molecule has 2 amide bonds. The fourth-order valence-corrected chi connectivity index (χ4v) is 4.32. The minimum absolute atomic E-state index is 0.0630. The van der Waals surface area contributed by atoms with E-state index in [1.165, 1.54) is 6.42 Å². The molecule has 1 saturated carbocycles. The molecule has 0 bridgehead atoms. The molecule has 2 aromatic carbocycles. The Balaban J connectivity index is 1.59. The number of ether oxygens (including phenoxy) is 1. The van der Waals surface area contributed by atoms with Gasteiger partial charge in [0.2, 0.25) is 5.91 Å². The molecule has 0 aliphatic heterocycles. The third-order valence-electron chi connectivity index (χ3n) is 5.53. The molecule has 0 saturated heterocycles. The molecule has 1 aliphatic carbocycles. The van der Waals surface area contributed by atoms with Gasteiger partial charge in [0, 0.05) is 21.8 Å². The Kier molecular flexibility index (Phi) is 9.69. The van der Waals surface area contributed by atoms with Crippen LogP contribution in [-0.2, 0) is 4.79 Å². The zero-order chi connectivity index (χ0) is 23.6. The number of anilines is 2. The van der Waals surface area contributed by atoms with Crippen LogP contribution in [0.3, 0.4) is 0 Å². The first-order chi connectivity index (χ1) is 16.0. The Morgan fingerprint density at radius 2 is 1.79 bits per heavy atom. The van der Waals surface area contributed by atoms with Crippen molar-refractivity contribution in [2.24, 2.45) is 5.92 Å². The number of amides is 2. The number of nitrogens with one attached hydrogen (secondary N) is 3. The number of hydrogen-bond donors (Lipinski definition) is 3. The second kappa shape index (κ2) is 12.7. The van der Waals surface area contributed by atoms with Crippen molar-refractivity contribution in [3.63, 3.8) is 0 Å². The molecule has 8 heteroatoms. The van der Waals surface area contributed by atoms with Crippen molar-refractivity contribution >= 4 is 56.4 Å². The zero-order valence-electron chi connectivity index (χ0n) is 18.8. The van der Waals surface area contributed by atoms with E-state index < -0.39 is 0 Å². The standard InChI is InChI=1S/C25H30BrN3O3S/c1-2-3-14-32-22-13-12-18(26)15-21(22)24(31)29-25(33)28-20-11-7-10-19(16-20)27-23(30)17-8-5-4-6-9-17/h7,10-13,15-17H,2-6,8-9,14H2,1H3,(H,27,30)(H2,28,29,31,33). The summed E-state index contributed by atoms with van der Waals surface area (Å²) in [6, 6.07) is 12.6. The molecular weight excluding hydrogens is 502 g/mol. The van der Waals surface area contributed by atoms with Gasteiger partial charge in [-0.05, 0) is 67.9 Å². The number of rotatable bonds is 8. The number of carbonyl (C=O) groups excluding carboxylic acids is 2. The van der Waals surface area contributed by atoms with Crippen molar-refractivity contribution in [2.45, 2.75) is 51.9 Å². The van der Waals surface area contributed by atoms with Gasteiger partial charge in [0.1, 0.15) is 5.75 Å². The maximum Gasteiger partial charge on any atom is 0.261 e. The maximum absolute atomic E-state index is 12.8. The summed E-state index contributed by atoms with van der Waals surface area (Å²) in [4.78, 5) is 25.4. The Bertz CT molecular complexity index is 993. The van der Waals surface area contributed by atoms with Gasteiger partial charge in [-0.2, -0.15) is 0 Å². The van der Waals surface area contributed by atoms with Crippen LogP contribution in [0.25, 0.3) is 0 Å². The van der Waals surface area contributed by atoms with E-state index in [4.69, 9.17) is 17.0 Å². The number of unbranched alkanes of at least 4 members (excludes halogenated alkanes) is 1. The Hall–Kier alpha value is -2.45. The van der Waals surface area contributed by atoms with Crippen molar-refractivity contribution in [2.75, 3.05) is 17.2 Å². The molecule has 0 aromatic heterocycles. The highest BCUT2D eigenvalue weighted by Crippen LogP contribution is 2.26. The van der Waals surface area contributed by atoms with Gasteiger partial charge in [-0.3, -0.25) is 14.9 Å². The second-order valence-corrected chi connectivity index (χ2v) is 9.48. The third kappa shape index (κ3) is 7.82. The molecule has 0 unspecified atom stereocenters. The van der Waals surface area contributed by atoms with Crippen LogP contribution in [0, 0.1) is 5.92 Å². The Labute approximate surface area is 209 Å². The summed E-state index contributed by atoms with van der Waals surface area (Å²) in [6.45, 7) is 2.62. The summed E-state index contributed by atoms with van der Waals surface area (Å²) in [6.07, 6.45) is 7.23. The summed E-state index contributed by atoms with van der Waals surface area (Å²) in [5.74, 6) is 0.295. The molecule has 1 aliphatic rings. The Morgan fingerprint density at radius 3 is 2.52 bits per heavy atom. The van der Waals surface area contributed by atoms with Crippen LogP contribution in [0.5, 0.6) is 5.75 Å². The average Bonchev–Trinajstić information content (AvgIpc) is 2.80. The quantitative estimate of drug-likeness (QED) is 0.276. The number of thiocarbonyl (C=S) groups is 1. The minimum atomic E-state index is -0.359. The summed E-state index contributed by atoms with van der Waals surface area (Å²) in [5.41, 5.74) is 1.77. The van der Waals surface area contributed by atoms with Crippen LogP contribution >= 0.6 is 28.1 Å². The summed E-state index contributed by atoms with van der Waals surface area (Å²) < 4.78 is 6.54. The highest BCUT2D eigenvalue weighted by Gasteiger charge is 2.21. The van der Waals surface area contributed by atoms with E-state index in [0.29, 0.717) is 29.3 Å². The maximum atomic E-state index is 12.8. The highest BCUT2D eigenvalue weighted by atomic mass is 79.9. The molecule has 0 spiro atoms. The van der Waals surface area contributed by atoms with E-state index in [0.717, 1.165) is 43.0 Å². The van der Waals surface area contributed by atoms with Gasteiger partial charge in [0.05, 0.1) is 12.2 Å². The second-order valence-electron chi connectivity index (χ2n) is 8.16. The van der Waals surface area contributed by atoms with E-state index in [1.807, 2.05) is 24.3 Å². The zero-order valence-corrected chi connectivity index (χ0v) is 21.2. The lowest BCUT2D eigenvalue weighted by molar-refractivity contribution is -0.120. The normalized spacial score (nSPS) is 13.8. The SMILES string of the molecule is CCCCOc1ccc(Br)cc1C(=O)NC(=S)Nc1cccc(NC(=O)C2CCCCC2)c1. The lowest BCUT2D eigenvalue weighted by Crippen LogP contribution is -2.34. The van der Waals surface area contributed by atoms with Crippen LogP contribution in [0.15, 0.2) is 46.9 Å². The predicted molar refractivity (Wildman–Crippen MR) is 140 cm³/mol. The highest BCUT2D eigenvalue weighted by molar-refractivity contribution is 9.10. The van der Waals surface area contributed by atoms with Gasteiger partial charge in [0.15, 0.2) is 5.11 Å². The molecular formula is C25H30BrN3O3S. The van der Waals surface area contributed by atoms with E-state index >= 15 is 0 Å². The fourth-order valence-electron chi connectivity index (χ4n) is 3.75. The van der Waals surface area contributed by atoms with Gasteiger partial charge in [-0.25, -0.2) is 0 Å². The summed E-state index contributed by atoms with van der Waals surface area (Å²) in [5, 5.41) is 8.89. The molecule has 0 heterocycles. The topological polar surface area (TPSA) is 79.5 Å². The number of benzene rings is 2. The lowest BCUT2D eigenvalue weighted by Gasteiger charge is -2.21. The first-order valence-corrected chi connectivity index (χ1v) is 12.6. The summed E-state index contributed by atoms with van der Waals surface area (Å²) >= 11 is 8.75. The predicted octanol–water partition coefficient (Wildman–Crippen LogP) is 6.27. The van der Waals surface area contributed by atoms with Crippen LogP contribution in [0.1, 0.15) is 62.2 Å². The minimum Gasteiger partial charge on any atom is -0.493 e. The largest absolute Gasteiger partial charge is 0.493 e. The molecule has 0 radical (unpaired) electrons. The van der Waals surface area contributed by atoms with Gasteiger partial charge in [0.25, 0.3) is 5.91 Å². The molecule has 33 heavy (non-hydrogen) atoms. The van der Waals surface area contributed by atoms with E-state index in [-0.39, 0.29) is 22.8 Å². The monoisotopic (exact) mass is 531 g/mol. The van der Waals surface area contributed by atoms with Crippen LogP contribution in [0.4, 0.5) is 11.4 Å².